The van der Waals surface area contributed by atoms with Gasteiger partial charge in [0.15, 0.2) is 0 Å². The van der Waals surface area contributed by atoms with Crippen LogP contribution < -0.4 is 0 Å². The first kappa shape index (κ1) is 28.4. The molecule has 7 aromatic rings. The Morgan fingerprint density at radius 2 is 1.39 bits per heavy atom. The molecular weight excluding hydrogens is 597 g/mol. The van der Waals surface area contributed by atoms with Crippen LogP contribution in [0, 0.1) is 34.5 Å². The number of aromatic nitrogens is 2. The summed E-state index contributed by atoms with van der Waals surface area (Å²) in [5.41, 5.74) is 12.8. The van der Waals surface area contributed by atoms with Gasteiger partial charge in [0.05, 0.1) is 39.8 Å². The molecule has 2 aromatic heterocycles. The van der Waals surface area contributed by atoms with Crippen molar-refractivity contribution in [1.82, 2.24) is 9.13 Å². The van der Waals surface area contributed by atoms with Crippen LogP contribution in [0.15, 0.2) is 133 Å². The van der Waals surface area contributed by atoms with Crippen LogP contribution in [0.3, 0.4) is 0 Å². The first-order chi connectivity index (χ1) is 24.2. The molecule has 4 nitrogen and oxygen atoms in total. The van der Waals surface area contributed by atoms with Gasteiger partial charge in [0.1, 0.15) is 5.69 Å². The van der Waals surface area contributed by atoms with Crippen LogP contribution in [0.25, 0.3) is 66.9 Å². The van der Waals surface area contributed by atoms with E-state index in [4.69, 9.17) is 0 Å². The molecular formula is C45H28N4. The number of para-hydroxylation sites is 2. The fourth-order valence-corrected chi connectivity index (χ4v) is 7.51. The Labute approximate surface area is 284 Å². The zero-order valence-corrected chi connectivity index (χ0v) is 26.6. The number of rotatable bonds is 4. The van der Waals surface area contributed by atoms with E-state index in [-0.39, 0.29) is 0 Å². The van der Waals surface area contributed by atoms with Crippen molar-refractivity contribution in [2.75, 3.05) is 0 Å². The van der Waals surface area contributed by atoms with E-state index in [0.717, 1.165) is 91.5 Å². The summed E-state index contributed by atoms with van der Waals surface area (Å²) in [6.45, 7) is 0. The number of nitriles is 2. The zero-order chi connectivity index (χ0) is 32.9. The molecule has 4 heteroatoms. The number of fused-ring (bicyclic) bond motifs is 6. The Morgan fingerprint density at radius 1 is 0.612 bits per heavy atom. The van der Waals surface area contributed by atoms with Crippen LogP contribution in [0.5, 0.6) is 0 Å². The second-order valence-corrected chi connectivity index (χ2v) is 12.4. The molecule has 9 rings (SSSR count). The highest BCUT2D eigenvalue weighted by Gasteiger charge is 2.21. The Balaban J connectivity index is 1.30. The third kappa shape index (κ3) is 4.53. The molecule has 2 aliphatic rings. The maximum Gasteiger partial charge on any atom is 0.105 e. The average molecular weight is 625 g/mol. The van der Waals surface area contributed by atoms with Gasteiger partial charge in [-0.2, -0.15) is 10.5 Å². The molecule has 0 unspecified atom stereocenters. The molecule has 0 aliphatic heterocycles. The number of hydrogen-bond donors (Lipinski definition) is 0. The minimum atomic E-state index is 0.638. The van der Waals surface area contributed by atoms with Gasteiger partial charge in [0.2, 0.25) is 0 Å². The molecule has 0 N–H and O–H groups in total. The third-order valence-electron chi connectivity index (χ3n) is 9.67. The maximum absolute atomic E-state index is 10.2. The van der Waals surface area contributed by atoms with Gasteiger partial charge >= 0.3 is 0 Å². The van der Waals surface area contributed by atoms with E-state index in [2.05, 4.69) is 142 Å². The van der Waals surface area contributed by atoms with Crippen LogP contribution >= 0.6 is 0 Å². The topological polar surface area (TPSA) is 57.4 Å². The van der Waals surface area contributed by atoms with Gasteiger partial charge in [0, 0.05) is 39.5 Å². The smallest absolute Gasteiger partial charge is 0.105 e. The van der Waals surface area contributed by atoms with Crippen molar-refractivity contribution in [3.63, 3.8) is 0 Å². The largest absolute Gasteiger partial charge is 0.309 e. The third-order valence-corrected chi connectivity index (χ3v) is 9.67. The van der Waals surface area contributed by atoms with E-state index < -0.39 is 0 Å². The summed E-state index contributed by atoms with van der Waals surface area (Å²) >= 11 is 0. The molecule has 0 bridgehead atoms. The van der Waals surface area contributed by atoms with E-state index in [1.165, 1.54) is 5.39 Å². The SMILES string of the molecule is N#CC1=CCCC=C1c1ccc(-n2c3ccccc3c3cc(C#N)ccc32)cc1-c1cccc(-n2c3c(c4ccccc42)C=CCC#C3)c1. The van der Waals surface area contributed by atoms with Crippen molar-refractivity contribution in [2.45, 2.75) is 19.3 Å². The van der Waals surface area contributed by atoms with Gasteiger partial charge in [0.25, 0.3) is 0 Å². The fraction of sp³-hybridized carbons (Fsp3) is 0.0667. The Morgan fingerprint density at radius 3 is 2.24 bits per heavy atom. The van der Waals surface area contributed by atoms with Crippen molar-refractivity contribution >= 4 is 44.4 Å². The monoisotopic (exact) mass is 624 g/mol. The van der Waals surface area contributed by atoms with Crippen molar-refractivity contribution in [3.8, 4) is 46.5 Å². The predicted molar refractivity (Wildman–Crippen MR) is 199 cm³/mol. The van der Waals surface area contributed by atoms with Crippen LogP contribution in [-0.2, 0) is 0 Å². The lowest BCUT2D eigenvalue weighted by Crippen LogP contribution is -2.01. The Bertz CT molecular complexity index is 2770. The van der Waals surface area contributed by atoms with Crippen LogP contribution in [0.2, 0.25) is 0 Å². The van der Waals surface area contributed by atoms with Crippen molar-refractivity contribution in [1.29, 1.82) is 10.5 Å². The van der Waals surface area contributed by atoms with Crippen molar-refractivity contribution in [2.24, 2.45) is 0 Å². The van der Waals surface area contributed by atoms with Crippen molar-refractivity contribution in [3.05, 3.63) is 155 Å². The normalized spacial score (nSPS) is 13.6. The second-order valence-electron chi connectivity index (χ2n) is 12.4. The average Bonchev–Trinajstić information content (AvgIpc) is 3.54. The van der Waals surface area contributed by atoms with E-state index in [1.807, 2.05) is 24.3 Å². The van der Waals surface area contributed by atoms with Gasteiger partial charge in [-0.1, -0.05) is 84.8 Å². The lowest BCUT2D eigenvalue weighted by molar-refractivity contribution is 1.03. The maximum atomic E-state index is 10.2. The molecule has 0 amide bonds. The molecule has 5 aromatic carbocycles. The highest BCUT2D eigenvalue weighted by Crippen LogP contribution is 2.40. The first-order valence-electron chi connectivity index (χ1n) is 16.5. The highest BCUT2D eigenvalue weighted by molar-refractivity contribution is 6.10. The first-order valence-corrected chi connectivity index (χ1v) is 16.5. The van der Waals surface area contributed by atoms with Crippen LogP contribution in [0.1, 0.15) is 41.6 Å². The summed E-state index contributed by atoms with van der Waals surface area (Å²) in [6, 6.07) is 42.8. The Kier molecular flexibility index (Phi) is 6.65. The second kappa shape index (κ2) is 11.5. The Hall–Kier alpha value is -6.80. The number of hydrogen-bond acceptors (Lipinski definition) is 2. The fourth-order valence-electron chi connectivity index (χ4n) is 7.51. The van der Waals surface area contributed by atoms with E-state index in [9.17, 15) is 10.5 Å². The molecule has 0 fully saturated rings. The molecule has 2 aliphatic carbocycles. The lowest BCUT2D eigenvalue weighted by Gasteiger charge is -2.19. The van der Waals surface area contributed by atoms with Gasteiger partial charge in [-0.25, -0.2) is 0 Å². The summed E-state index contributed by atoms with van der Waals surface area (Å²) in [6.07, 6.45) is 11.1. The molecule has 228 valence electrons. The van der Waals surface area contributed by atoms with E-state index >= 15 is 0 Å². The molecule has 0 spiro atoms. The quantitative estimate of drug-likeness (QED) is 0.183. The summed E-state index contributed by atoms with van der Waals surface area (Å²) in [7, 11) is 0. The van der Waals surface area contributed by atoms with Gasteiger partial charge in [-0.15, -0.1) is 0 Å². The molecule has 2 heterocycles. The molecule has 0 radical (unpaired) electrons. The predicted octanol–water partition coefficient (Wildman–Crippen LogP) is 10.7. The zero-order valence-electron chi connectivity index (χ0n) is 26.6. The van der Waals surface area contributed by atoms with E-state index in [1.54, 1.807) is 0 Å². The van der Waals surface area contributed by atoms with Gasteiger partial charge < -0.3 is 9.13 Å². The summed E-state index contributed by atoms with van der Waals surface area (Å²) < 4.78 is 4.56. The standard InChI is InChI=1S/C45H28N4/c46-28-30-21-24-45-41(25-30)39-17-7-9-20-44(39)49(45)34-22-23-36(35-14-5-4-11-32(35)29-47)40(27-34)31-12-10-13-33(26-31)48-42-18-3-1-2-15-37(42)38-16-6-8-19-43(38)48/h2,6-17,19-27H,1,4-5H2. The minimum Gasteiger partial charge on any atom is -0.309 e. The van der Waals surface area contributed by atoms with E-state index in [0.29, 0.717) is 11.1 Å². The van der Waals surface area contributed by atoms with Gasteiger partial charge in [-0.3, -0.25) is 0 Å². The summed E-state index contributed by atoms with van der Waals surface area (Å²) in [5.74, 6) is 6.78. The molecule has 49 heavy (non-hydrogen) atoms. The number of allylic oxidation sites excluding steroid dienone is 5. The number of nitrogens with zero attached hydrogens (tertiary/aromatic N) is 4. The van der Waals surface area contributed by atoms with Crippen LogP contribution in [0.4, 0.5) is 0 Å². The summed E-state index contributed by atoms with van der Waals surface area (Å²) in [5, 5.41) is 23.2. The van der Waals surface area contributed by atoms with Crippen LogP contribution in [-0.4, -0.2) is 9.13 Å². The minimum absolute atomic E-state index is 0.638. The lowest BCUT2D eigenvalue weighted by atomic mass is 9.87. The number of benzene rings is 5. The van der Waals surface area contributed by atoms with Crippen molar-refractivity contribution < 1.29 is 0 Å². The molecule has 0 saturated carbocycles. The molecule has 0 atom stereocenters. The summed E-state index contributed by atoms with van der Waals surface area (Å²) in [4.78, 5) is 0. The highest BCUT2D eigenvalue weighted by atomic mass is 15.0. The molecule has 0 saturated heterocycles. The van der Waals surface area contributed by atoms with Gasteiger partial charge in [-0.05, 0) is 95.6 Å².